The molecule has 438 valence electrons. The summed E-state index contributed by atoms with van der Waals surface area (Å²) in [4.78, 5) is 13.2. The van der Waals surface area contributed by atoms with Crippen LogP contribution in [0.1, 0.15) is 239 Å². The monoisotopic (exact) mass is 1070 g/mol. The molecule has 0 saturated carbocycles. The third kappa shape index (κ3) is 32.6. The van der Waals surface area contributed by atoms with Crippen molar-refractivity contribution in [2.75, 3.05) is 19.8 Å². The summed E-state index contributed by atoms with van der Waals surface area (Å²) in [6.45, 7) is 2.74. The summed E-state index contributed by atoms with van der Waals surface area (Å²) in [5, 5.41) is 87.0. The summed E-state index contributed by atoms with van der Waals surface area (Å²) in [7, 11) is 0. The Hall–Kier alpha value is -2.05. The van der Waals surface area contributed by atoms with Crippen LogP contribution in [0.25, 0.3) is 0 Å². The van der Waals surface area contributed by atoms with Crippen LogP contribution < -0.4 is 5.32 Å². The van der Waals surface area contributed by atoms with Crippen LogP contribution in [0.2, 0.25) is 0 Å². The third-order valence-electron chi connectivity index (χ3n) is 14.7. The third-order valence-corrected chi connectivity index (χ3v) is 14.7. The van der Waals surface area contributed by atoms with Crippen LogP contribution in [0.4, 0.5) is 0 Å². The largest absolute Gasteiger partial charge is 0.394 e. The Bertz CT molecular complexity index is 1440. The molecular weight excluding hydrogens is 955 g/mol. The van der Waals surface area contributed by atoms with E-state index in [-0.39, 0.29) is 18.9 Å². The molecule has 2 aliphatic heterocycles. The fourth-order valence-electron chi connectivity index (χ4n) is 9.80. The van der Waals surface area contributed by atoms with Gasteiger partial charge in [0, 0.05) is 6.42 Å². The molecule has 75 heavy (non-hydrogen) atoms. The summed E-state index contributed by atoms with van der Waals surface area (Å²) in [5.74, 6) is -0.263. The number of hydrogen-bond acceptors (Lipinski definition) is 13. The summed E-state index contributed by atoms with van der Waals surface area (Å²) >= 11 is 0. The number of aliphatic hydroxyl groups excluding tert-OH is 8. The number of nitrogens with one attached hydrogen (secondary N) is 1. The first-order chi connectivity index (χ1) is 36.6. The maximum Gasteiger partial charge on any atom is 0.220 e. The smallest absolute Gasteiger partial charge is 0.220 e. The highest BCUT2D eigenvalue weighted by Crippen LogP contribution is 2.30. The molecule has 0 aromatic heterocycles. The fraction of sp³-hybridized carbons (Fsp3) is 0.852. The number of carbonyl (C=O) groups is 1. The van der Waals surface area contributed by atoms with E-state index in [0.29, 0.717) is 12.8 Å². The Morgan fingerprint density at radius 2 is 0.907 bits per heavy atom. The molecule has 2 fully saturated rings. The van der Waals surface area contributed by atoms with Crippen LogP contribution in [0.15, 0.2) is 48.6 Å². The first-order valence-electron chi connectivity index (χ1n) is 30.4. The molecule has 0 bridgehead atoms. The predicted molar refractivity (Wildman–Crippen MR) is 300 cm³/mol. The van der Waals surface area contributed by atoms with Gasteiger partial charge in [0.05, 0.1) is 32.0 Å². The van der Waals surface area contributed by atoms with E-state index in [4.69, 9.17) is 18.9 Å². The Morgan fingerprint density at radius 1 is 0.480 bits per heavy atom. The number of rotatable bonds is 48. The van der Waals surface area contributed by atoms with E-state index >= 15 is 0 Å². The first-order valence-corrected chi connectivity index (χ1v) is 30.4. The maximum atomic E-state index is 13.2. The van der Waals surface area contributed by atoms with Crippen molar-refractivity contribution in [3.8, 4) is 0 Å². The Labute approximate surface area is 454 Å². The molecule has 2 aliphatic rings. The maximum absolute atomic E-state index is 13.2. The van der Waals surface area contributed by atoms with Gasteiger partial charge in [0.25, 0.3) is 0 Å². The molecule has 12 unspecified atom stereocenters. The lowest BCUT2D eigenvalue weighted by molar-refractivity contribution is -0.359. The van der Waals surface area contributed by atoms with Gasteiger partial charge < -0.3 is 65.1 Å². The molecule has 12 atom stereocenters. The first kappa shape index (κ1) is 69.1. The topological polar surface area (TPSA) is 228 Å². The highest BCUT2D eigenvalue weighted by atomic mass is 16.7. The molecule has 2 heterocycles. The van der Waals surface area contributed by atoms with Crippen LogP contribution >= 0.6 is 0 Å². The minimum atomic E-state index is -1.79. The lowest BCUT2D eigenvalue weighted by Crippen LogP contribution is -2.65. The number of allylic oxidation sites excluding steroid dienone is 7. The van der Waals surface area contributed by atoms with Crippen LogP contribution in [0, 0.1) is 0 Å². The number of unbranched alkanes of at least 4 members (excludes halogenated alkanes) is 29. The van der Waals surface area contributed by atoms with Gasteiger partial charge in [0.1, 0.15) is 48.8 Å². The summed E-state index contributed by atoms with van der Waals surface area (Å²) in [6.07, 6.45) is 41.7. The van der Waals surface area contributed by atoms with Crippen molar-refractivity contribution in [3.63, 3.8) is 0 Å². The zero-order valence-electron chi connectivity index (χ0n) is 47.0. The van der Waals surface area contributed by atoms with Crippen molar-refractivity contribution in [1.29, 1.82) is 0 Å². The average molecular weight is 1070 g/mol. The Balaban J connectivity index is 1.74. The molecule has 0 aromatic carbocycles. The normalized spacial score (nSPS) is 25.4. The standard InChI is InChI=1S/C61H111NO13/c1-3-5-7-9-11-13-15-17-19-20-21-22-23-24-25-26-27-28-29-30-31-32-34-36-38-40-42-44-50(65)49(62-53(66)45-43-41-39-37-35-33-18-16-14-12-10-8-6-4-2)48-72-60-58(71)56(69)59(52(47-64)74-60)75-61-57(70)55(68)54(67)51(46-63)73-61/h10,12,16,18,34,36,42,44,49-52,54-61,63-65,67-71H,3-9,11,13-15,17,19-33,35,37-41,43,45-48H2,1-2H3,(H,62,66)/b12-10-,18-16-,36-34+,44-42+. The SMILES string of the molecule is CCCC/C=C\C/C=C\CCCCCCCC(=O)NC(COC1OC(CO)C(OC2OC(CO)C(O)C(O)C2O)C(O)C1O)C(O)/C=C/CC/C=C/CCCCCCCCCCCCCCCCCCCCCCC. The Kier molecular flexibility index (Phi) is 43.1. The second-order valence-corrected chi connectivity index (χ2v) is 21.5. The molecule has 14 nitrogen and oxygen atoms in total. The molecule has 0 spiro atoms. The molecule has 0 aromatic rings. The average Bonchev–Trinajstić information content (AvgIpc) is 3.41. The van der Waals surface area contributed by atoms with Gasteiger partial charge in [-0.3, -0.25) is 4.79 Å². The lowest BCUT2D eigenvalue weighted by atomic mass is 9.97. The second-order valence-electron chi connectivity index (χ2n) is 21.5. The fourth-order valence-corrected chi connectivity index (χ4v) is 9.80. The lowest BCUT2D eigenvalue weighted by Gasteiger charge is -2.46. The van der Waals surface area contributed by atoms with Crippen molar-refractivity contribution in [3.05, 3.63) is 48.6 Å². The van der Waals surface area contributed by atoms with E-state index in [9.17, 15) is 45.6 Å². The number of aliphatic hydroxyl groups is 8. The molecule has 1 amide bonds. The number of ether oxygens (including phenoxy) is 4. The van der Waals surface area contributed by atoms with E-state index in [0.717, 1.165) is 57.8 Å². The highest BCUT2D eigenvalue weighted by Gasteiger charge is 2.51. The summed E-state index contributed by atoms with van der Waals surface area (Å²) < 4.78 is 22.7. The van der Waals surface area contributed by atoms with Crippen LogP contribution in [-0.2, 0) is 23.7 Å². The summed E-state index contributed by atoms with van der Waals surface area (Å²) in [6, 6.07) is -0.940. The van der Waals surface area contributed by atoms with Crippen molar-refractivity contribution in [2.24, 2.45) is 0 Å². The number of carbonyl (C=O) groups excluding carboxylic acids is 1. The molecule has 0 radical (unpaired) electrons. The van der Waals surface area contributed by atoms with Crippen molar-refractivity contribution in [1.82, 2.24) is 5.32 Å². The number of amides is 1. The van der Waals surface area contributed by atoms with E-state index in [1.54, 1.807) is 6.08 Å². The minimum absolute atomic E-state index is 0.256. The second kappa shape index (κ2) is 46.8. The predicted octanol–water partition coefficient (Wildman–Crippen LogP) is 10.4. The van der Waals surface area contributed by atoms with Crippen molar-refractivity contribution < 1.29 is 64.6 Å². The summed E-state index contributed by atoms with van der Waals surface area (Å²) in [5.41, 5.74) is 0. The molecule has 9 N–H and O–H groups in total. The Morgan fingerprint density at radius 3 is 1.43 bits per heavy atom. The van der Waals surface area contributed by atoms with Gasteiger partial charge in [-0.25, -0.2) is 0 Å². The molecule has 0 aliphatic carbocycles. The zero-order valence-corrected chi connectivity index (χ0v) is 47.0. The van der Waals surface area contributed by atoms with Crippen LogP contribution in [-0.4, -0.2) is 140 Å². The van der Waals surface area contributed by atoms with Gasteiger partial charge in [-0.1, -0.05) is 223 Å². The minimum Gasteiger partial charge on any atom is -0.394 e. The number of hydrogen-bond donors (Lipinski definition) is 9. The van der Waals surface area contributed by atoms with Gasteiger partial charge in [-0.2, -0.15) is 0 Å². The molecular formula is C61H111NO13. The quantitative estimate of drug-likeness (QED) is 0.0204. The van der Waals surface area contributed by atoms with E-state index in [2.05, 4.69) is 55.6 Å². The van der Waals surface area contributed by atoms with Crippen LogP contribution in [0.5, 0.6) is 0 Å². The van der Waals surface area contributed by atoms with Crippen LogP contribution in [0.3, 0.4) is 0 Å². The van der Waals surface area contributed by atoms with Crippen molar-refractivity contribution in [2.45, 2.75) is 312 Å². The van der Waals surface area contributed by atoms with Gasteiger partial charge in [0.15, 0.2) is 12.6 Å². The highest BCUT2D eigenvalue weighted by molar-refractivity contribution is 5.76. The zero-order chi connectivity index (χ0) is 54.6. The van der Waals surface area contributed by atoms with E-state index < -0.39 is 86.8 Å². The van der Waals surface area contributed by atoms with Gasteiger partial charge in [-0.05, 0) is 57.8 Å². The van der Waals surface area contributed by atoms with Gasteiger partial charge in [-0.15, -0.1) is 0 Å². The van der Waals surface area contributed by atoms with Crippen molar-refractivity contribution >= 4 is 5.91 Å². The molecule has 14 heteroatoms. The van der Waals surface area contributed by atoms with E-state index in [1.807, 2.05) is 6.08 Å². The molecule has 2 rings (SSSR count). The van der Waals surface area contributed by atoms with Gasteiger partial charge in [0.2, 0.25) is 5.91 Å². The van der Waals surface area contributed by atoms with E-state index in [1.165, 1.54) is 148 Å². The van der Waals surface area contributed by atoms with Gasteiger partial charge >= 0.3 is 0 Å². The molecule has 2 saturated heterocycles.